The maximum atomic E-state index is 9.28. The maximum Gasteiger partial charge on any atom is 0.221 e. The molecule has 5 rings (SSSR count). The quantitative estimate of drug-likeness (QED) is 0.773. The number of guanidine groups is 1. The second-order valence-electron chi connectivity index (χ2n) is 9.47. The predicted octanol–water partition coefficient (Wildman–Crippen LogP) is 3.93. The number of fused-ring (bicyclic) bond motifs is 2. The van der Waals surface area contributed by atoms with Crippen LogP contribution in [0.3, 0.4) is 0 Å². The Morgan fingerprint density at radius 1 is 1.16 bits per heavy atom. The van der Waals surface area contributed by atoms with Gasteiger partial charge < -0.3 is 15.2 Å². The van der Waals surface area contributed by atoms with Gasteiger partial charge >= 0.3 is 0 Å². The largest absolute Gasteiger partial charge is 0.489 e. The second kappa shape index (κ2) is 7.51. The fourth-order valence-electron chi connectivity index (χ4n) is 5.07. The Labute approximate surface area is 188 Å². The van der Waals surface area contributed by atoms with Crippen molar-refractivity contribution >= 4 is 5.96 Å². The maximum absolute atomic E-state index is 9.28. The molecule has 0 aromatic heterocycles. The summed E-state index contributed by atoms with van der Waals surface area (Å²) >= 11 is 0. The number of nitrogens with two attached hydrogens (primary N) is 1. The highest BCUT2D eigenvalue weighted by Crippen LogP contribution is 2.49. The van der Waals surface area contributed by atoms with E-state index in [9.17, 15) is 5.26 Å². The molecule has 0 radical (unpaired) electrons. The lowest BCUT2D eigenvalue weighted by Gasteiger charge is -2.44. The summed E-state index contributed by atoms with van der Waals surface area (Å²) in [6.45, 7) is 4.98. The van der Waals surface area contributed by atoms with Crippen LogP contribution in [0.25, 0.3) is 11.1 Å². The first-order valence-corrected chi connectivity index (χ1v) is 11.0. The summed E-state index contributed by atoms with van der Waals surface area (Å²) in [4.78, 5) is 11.1. The minimum atomic E-state index is -0.928. The molecular formula is C25H28N4O3. The van der Waals surface area contributed by atoms with Crippen LogP contribution in [-0.4, -0.2) is 36.4 Å². The van der Waals surface area contributed by atoms with Gasteiger partial charge in [-0.25, -0.2) is 14.9 Å². The summed E-state index contributed by atoms with van der Waals surface area (Å²) in [5.74, 6) is 1.44. The number of hydroxylamine groups is 2. The molecule has 3 aliphatic rings. The minimum absolute atomic E-state index is 0.0542. The number of nitriles is 1. The molecule has 2 N–H and O–H groups in total. The third kappa shape index (κ3) is 3.60. The molecule has 1 fully saturated rings. The lowest BCUT2D eigenvalue weighted by Crippen LogP contribution is -2.46. The van der Waals surface area contributed by atoms with Crippen LogP contribution in [0.5, 0.6) is 5.75 Å². The minimum Gasteiger partial charge on any atom is -0.489 e. The fraction of sp³-hybridized carbons (Fsp3) is 0.440. The van der Waals surface area contributed by atoms with E-state index in [4.69, 9.17) is 25.0 Å². The van der Waals surface area contributed by atoms with Gasteiger partial charge in [0.15, 0.2) is 0 Å². The summed E-state index contributed by atoms with van der Waals surface area (Å²) < 4.78 is 12.5. The van der Waals surface area contributed by atoms with Crippen LogP contribution in [0.4, 0.5) is 0 Å². The van der Waals surface area contributed by atoms with Crippen LogP contribution in [0, 0.1) is 17.2 Å². The molecule has 7 heteroatoms. The van der Waals surface area contributed by atoms with Crippen molar-refractivity contribution in [1.29, 1.82) is 5.26 Å². The Hall–Kier alpha value is -3.08. The lowest BCUT2D eigenvalue weighted by atomic mass is 9.79. The van der Waals surface area contributed by atoms with E-state index in [0.717, 1.165) is 41.9 Å². The molecule has 0 bridgehead atoms. The van der Waals surface area contributed by atoms with E-state index in [2.05, 4.69) is 19.9 Å². The van der Waals surface area contributed by atoms with E-state index >= 15 is 0 Å². The second-order valence-corrected chi connectivity index (χ2v) is 9.47. The molecule has 0 amide bonds. The molecule has 0 unspecified atom stereocenters. The zero-order chi connectivity index (χ0) is 22.5. The van der Waals surface area contributed by atoms with Crippen molar-refractivity contribution in [2.24, 2.45) is 16.6 Å². The molecule has 0 aliphatic carbocycles. The summed E-state index contributed by atoms with van der Waals surface area (Å²) in [6.07, 6.45) is 2.37. The first kappa shape index (κ1) is 20.8. The molecule has 3 aliphatic heterocycles. The monoisotopic (exact) mass is 432 g/mol. The van der Waals surface area contributed by atoms with Gasteiger partial charge in [-0.2, -0.15) is 5.26 Å². The van der Waals surface area contributed by atoms with Gasteiger partial charge in [0, 0.05) is 26.0 Å². The third-order valence-corrected chi connectivity index (χ3v) is 6.65. The highest BCUT2D eigenvalue weighted by molar-refractivity contribution is 5.79. The van der Waals surface area contributed by atoms with Crippen molar-refractivity contribution in [3.63, 3.8) is 0 Å². The molecule has 1 spiro atoms. The van der Waals surface area contributed by atoms with Gasteiger partial charge in [0.05, 0.1) is 22.8 Å². The molecule has 3 atom stereocenters. The van der Waals surface area contributed by atoms with Crippen LogP contribution >= 0.6 is 0 Å². The van der Waals surface area contributed by atoms with E-state index in [1.165, 1.54) is 5.06 Å². The summed E-state index contributed by atoms with van der Waals surface area (Å²) in [5, 5.41) is 10.8. The van der Waals surface area contributed by atoms with Gasteiger partial charge in [0.2, 0.25) is 11.7 Å². The average molecular weight is 433 g/mol. The van der Waals surface area contributed by atoms with E-state index in [-0.39, 0.29) is 11.7 Å². The standard InChI is InChI=1S/C25H28N4O3/c1-24(2)13-19(9-10-30-24)22-14-25(28-23(27)29(3)32-25)20-12-18(7-8-21(20)31-22)17-6-4-5-16(11-17)15-26/h4-8,11-12,19,22H,9-10,13-14H2,1-3H3,(H2,27,28)/t19-,22-,25-/m1/s1. The van der Waals surface area contributed by atoms with Gasteiger partial charge in [-0.3, -0.25) is 0 Å². The number of aliphatic imine (C=N–C) groups is 1. The van der Waals surface area contributed by atoms with E-state index < -0.39 is 5.72 Å². The third-order valence-electron chi connectivity index (χ3n) is 6.65. The molecule has 32 heavy (non-hydrogen) atoms. The Bertz CT molecular complexity index is 1120. The molecule has 0 saturated carbocycles. The van der Waals surface area contributed by atoms with Crippen molar-refractivity contribution in [3.8, 4) is 22.9 Å². The molecular weight excluding hydrogens is 404 g/mol. The van der Waals surface area contributed by atoms with Crippen molar-refractivity contribution in [1.82, 2.24) is 5.06 Å². The van der Waals surface area contributed by atoms with Crippen LogP contribution < -0.4 is 10.5 Å². The molecule has 2 aromatic rings. The van der Waals surface area contributed by atoms with Crippen LogP contribution in [0.2, 0.25) is 0 Å². The Morgan fingerprint density at radius 3 is 2.69 bits per heavy atom. The summed E-state index contributed by atoms with van der Waals surface area (Å²) in [6, 6.07) is 15.8. The fourth-order valence-corrected chi connectivity index (χ4v) is 5.07. The number of nitrogens with zero attached hydrogens (tertiary/aromatic N) is 3. The van der Waals surface area contributed by atoms with Gasteiger partial charge in [-0.15, -0.1) is 0 Å². The normalized spacial score (nSPS) is 28.6. The SMILES string of the molecule is CN1O[C@@]2(C[C@H]([C@@H]3CCOC(C)(C)C3)Oc3ccc(-c4cccc(C#N)c4)cc32)N=C1N. The van der Waals surface area contributed by atoms with Crippen LogP contribution in [-0.2, 0) is 15.3 Å². The van der Waals surface area contributed by atoms with E-state index in [1.807, 2.05) is 36.4 Å². The number of ether oxygens (including phenoxy) is 2. The van der Waals surface area contributed by atoms with Crippen molar-refractivity contribution in [3.05, 3.63) is 53.6 Å². The smallest absolute Gasteiger partial charge is 0.221 e. The predicted molar refractivity (Wildman–Crippen MR) is 121 cm³/mol. The highest BCUT2D eigenvalue weighted by atomic mass is 16.7. The van der Waals surface area contributed by atoms with E-state index in [1.54, 1.807) is 13.1 Å². The number of hydrogen-bond donors (Lipinski definition) is 1. The topological polar surface area (TPSA) is 93.1 Å². The lowest BCUT2D eigenvalue weighted by molar-refractivity contribution is -0.198. The summed E-state index contributed by atoms with van der Waals surface area (Å²) in [7, 11) is 1.77. The van der Waals surface area contributed by atoms with Crippen LogP contribution in [0.1, 0.15) is 44.2 Å². The first-order valence-electron chi connectivity index (χ1n) is 11.0. The molecule has 2 aromatic carbocycles. The van der Waals surface area contributed by atoms with Crippen LogP contribution in [0.15, 0.2) is 47.5 Å². The zero-order valence-electron chi connectivity index (χ0n) is 18.7. The average Bonchev–Trinajstić information content (AvgIpc) is 3.06. The molecule has 7 nitrogen and oxygen atoms in total. The molecule has 3 heterocycles. The number of rotatable bonds is 2. The Kier molecular flexibility index (Phi) is 4.88. The van der Waals surface area contributed by atoms with E-state index in [0.29, 0.717) is 23.9 Å². The van der Waals surface area contributed by atoms with Gasteiger partial charge in [-0.05, 0) is 62.1 Å². The van der Waals surface area contributed by atoms with Crippen molar-refractivity contribution in [2.45, 2.75) is 50.5 Å². The van der Waals surface area contributed by atoms with Gasteiger partial charge in [0.1, 0.15) is 11.9 Å². The number of hydrogen-bond acceptors (Lipinski definition) is 7. The summed E-state index contributed by atoms with van der Waals surface area (Å²) in [5.41, 5.74) is 8.45. The molecule has 166 valence electrons. The highest BCUT2D eigenvalue weighted by Gasteiger charge is 2.51. The molecule has 1 saturated heterocycles. The van der Waals surface area contributed by atoms with Crippen molar-refractivity contribution < 1.29 is 14.3 Å². The zero-order valence-corrected chi connectivity index (χ0v) is 18.7. The van der Waals surface area contributed by atoms with Crippen molar-refractivity contribution in [2.75, 3.05) is 13.7 Å². The number of benzene rings is 2. The Balaban J connectivity index is 1.56. The van der Waals surface area contributed by atoms with Gasteiger partial charge in [-0.1, -0.05) is 18.2 Å². The van der Waals surface area contributed by atoms with Gasteiger partial charge in [0.25, 0.3) is 0 Å². The first-order chi connectivity index (χ1) is 15.3. The Morgan fingerprint density at radius 2 is 1.97 bits per heavy atom.